The summed E-state index contributed by atoms with van der Waals surface area (Å²) in [4.78, 5) is 16.9. The molecule has 0 radical (unpaired) electrons. The fourth-order valence-corrected chi connectivity index (χ4v) is 4.49. The lowest BCUT2D eigenvalue weighted by Gasteiger charge is -2.32. The highest BCUT2D eigenvalue weighted by Crippen LogP contribution is 2.26. The minimum absolute atomic E-state index is 0.296. The van der Waals surface area contributed by atoms with Crippen molar-refractivity contribution in [3.05, 3.63) is 11.6 Å². The van der Waals surface area contributed by atoms with Gasteiger partial charge >= 0.3 is 0 Å². The highest BCUT2D eigenvalue weighted by atomic mass is 32.2. The predicted octanol–water partition coefficient (Wildman–Crippen LogP) is 2.26. The molecule has 0 N–H and O–H groups in total. The first-order chi connectivity index (χ1) is 12.2. The minimum Gasteiger partial charge on any atom is -0.342 e. The Morgan fingerprint density at radius 2 is 2.00 bits per heavy atom. The molecule has 1 aromatic heterocycles. The number of carbonyl (C=O) groups excluding carboxylic acids is 1. The van der Waals surface area contributed by atoms with Crippen LogP contribution in [-0.4, -0.2) is 68.2 Å². The molecule has 1 atom stereocenters. The van der Waals surface area contributed by atoms with E-state index in [4.69, 9.17) is 0 Å². The molecule has 0 aromatic carbocycles. The molecule has 6 nitrogen and oxygen atoms in total. The van der Waals surface area contributed by atoms with Crippen LogP contribution in [0.25, 0.3) is 0 Å². The summed E-state index contributed by atoms with van der Waals surface area (Å²) in [7, 11) is 2.08. The molecule has 25 heavy (non-hydrogen) atoms. The zero-order valence-electron chi connectivity index (χ0n) is 15.6. The van der Waals surface area contributed by atoms with Crippen molar-refractivity contribution >= 4 is 17.7 Å². The first-order valence-electron chi connectivity index (χ1n) is 9.65. The number of piperidine rings is 1. The van der Waals surface area contributed by atoms with Crippen LogP contribution in [0.2, 0.25) is 0 Å². The number of likely N-dealkylation sites (tertiary alicyclic amines) is 2. The molecule has 0 bridgehead atoms. The van der Waals surface area contributed by atoms with Crippen molar-refractivity contribution in [2.45, 2.75) is 51.5 Å². The maximum Gasteiger partial charge on any atom is 0.223 e. The fourth-order valence-electron chi connectivity index (χ4n) is 3.89. The number of hydrogen-bond acceptors (Lipinski definition) is 5. The van der Waals surface area contributed by atoms with Crippen LogP contribution in [0.5, 0.6) is 0 Å². The van der Waals surface area contributed by atoms with Crippen LogP contribution in [-0.2, 0) is 18.4 Å². The zero-order valence-corrected chi connectivity index (χ0v) is 16.4. The first kappa shape index (κ1) is 18.7. The molecule has 1 unspecified atom stereocenters. The normalized spacial score (nSPS) is 21.8. The minimum atomic E-state index is 0.296. The van der Waals surface area contributed by atoms with Gasteiger partial charge in [-0.15, -0.1) is 10.2 Å². The van der Waals surface area contributed by atoms with Crippen molar-refractivity contribution in [1.82, 2.24) is 24.6 Å². The molecule has 140 valence electrons. The average Bonchev–Trinajstić information content (AvgIpc) is 3.26. The molecule has 2 aliphatic heterocycles. The van der Waals surface area contributed by atoms with E-state index in [-0.39, 0.29) is 0 Å². The van der Waals surface area contributed by atoms with Gasteiger partial charge < -0.3 is 9.47 Å². The number of hydrogen-bond donors (Lipinski definition) is 0. The maximum atomic E-state index is 12.4. The van der Waals surface area contributed by atoms with E-state index < -0.39 is 0 Å². The monoisotopic (exact) mass is 365 g/mol. The zero-order chi connectivity index (χ0) is 17.6. The Balaban J connectivity index is 1.59. The smallest absolute Gasteiger partial charge is 0.223 e. The van der Waals surface area contributed by atoms with Gasteiger partial charge in [0.05, 0.1) is 6.54 Å². The molecule has 2 saturated heterocycles. The molecule has 1 amide bonds. The van der Waals surface area contributed by atoms with Crippen molar-refractivity contribution in [2.75, 3.05) is 37.7 Å². The van der Waals surface area contributed by atoms with Gasteiger partial charge in [0.2, 0.25) is 5.91 Å². The van der Waals surface area contributed by atoms with Crippen LogP contribution in [0.15, 0.2) is 0 Å². The largest absolute Gasteiger partial charge is 0.342 e. The van der Waals surface area contributed by atoms with Crippen molar-refractivity contribution in [1.29, 1.82) is 0 Å². The van der Waals surface area contributed by atoms with Gasteiger partial charge in [-0.25, -0.2) is 0 Å². The molecular weight excluding hydrogens is 334 g/mol. The summed E-state index contributed by atoms with van der Waals surface area (Å²) < 4.78 is 2.17. The summed E-state index contributed by atoms with van der Waals surface area (Å²) in [6.07, 6.45) is 5.40. The standard InChI is InChI=1S/C18H31N5OS/c1-3-25-12-8-17(24)23-11-6-7-15(13-23)18-20-19-16(21(18)2)14-22-9-4-5-10-22/h15H,3-14H2,1-2H3. The third-order valence-corrected chi connectivity index (χ3v) is 6.27. The molecule has 1 aromatic rings. The van der Waals surface area contributed by atoms with E-state index in [1.165, 1.54) is 25.9 Å². The van der Waals surface area contributed by atoms with Crippen molar-refractivity contribution in [3.8, 4) is 0 Å². The van der Waals surface area contributed by atoms with Gasteiger partial charge in [-0.1, -0.05) is 6.92 Å². The Kier molecular flexibility index (Phi) is 6.76. The van der Waals surface area contributed by atoms with Gasteiger partial charge in [0.25, 0.3) is 0 Å². The lowest BCUT2D eigenvalue weighted by molar-refractivity contribution is -0.132. The van der Waals surface area contributed by atoms with Crippen LogP contribution in [0, 0.1) is 0 Å². The Morgan fingerprint density at radius 3 is 2.76 bits per heavy atom. The van der Waals surface area contributed by atoms with Crippen molar-refractivity contribution in [2.24, 2.45) is 7.05 Å². The van der Waals surface area contributed by atoms with Gasteiger partial charge in [0.1, 0.15) is 11.6 Å². The molecule has 2 fully saturated rings. The van der Waals surface area contributed by atoms with E-state index in [0.717, 1.165) is 55.6 Å². The number of thioether (sulfide) groups is 1. The number of nitrogens with zero attached hydrogens (tertiary/aromatic N) is 5. The number of amides is 1. The lowest BCUT2D eigenvalue weighted by atomic mass is 9.97. The number of carbonyl (C=O) groups is 1. The third-order valence-electron chi connectivity index (χ3n) is 5.37. The third kappa shape index (κ3) is 4.76. The molecule has 0 aliphatic carbocycles. The second-order valence-corrected chi connectivity index (χ2v) is 8.54. The highest BCUT2D eigenvalue weighted by molar-refractivity contribution is 7.99. The van der Waals surface area contributed by atoms with Crippen LogP contribution in [0.4, 0.5) is 0 Å². The van der Waals surface area contributed by atoms with Crippen LogP contribution >= 0.6 is 11.8 Å². The second-order valence-electron chi connectivity index (χ2n) is 7.14. The summed E-state index contributed by atoms with van der Waals surface area (Å²) in [5.41, 5.74) is 0. The van der Waals surface area contributed by atoms with Crippen LogP contribution in [0.3, 0.4) is 0 Å². The number of rotatable bonds is 7. The Hall–Kier alpha value is -1.08. The van der Waals surface area contributed by atoms with Gasteiger partial charge in [-0.3, -0.25) is 9.69 Å². The molecule has 3 heterocycles. The molecule has 0 spiro atoms. The van der Waals surface area contributed by atoms with E-state index in [1.807, 2.05) is 16.7 Å². The molecule has 0 saturated carbocycles. The van der Waals surface area contributed by atoms with Gasteiger partial charge in [0, 0.05) is 38.2 Å². The summed E-state index contributed by atoms with van der Waals surface area (Å²) in [6.45, 7) is 7.07. The Morgan fingerprint density at radius 1 is 1.20 bits per heavy atom. The SMILES string of the molecule is CCSCCC(=O)N1CCCC(c2nnc(CN3CCCC3)n2C)C1. The quantitative estimate of drug-likeness (QED) is 0.694. The average molecular weight is 366 g/mol. The first-order valence-corrected chi connectivity index (χ1v) is 10.8. The van der Waals surface area contributed by atoms with Gasteiger partial charge in [-0.2, -0.15) is 11.8 Å². The Labute approximate surface area is 155 Å². The summed E-state index contributed by atoms with van der Waals surface area (Å²) in [6, 6.07) is 0. The topological polar surface area (TPSA) is 54.3 Å². The van der Waals surface area contributed by atoms with Gasteiger partial charge in [0.15, 0.2) is 0 Å². The van der Waals surface area contributed by atoms with Crippen LogP contribution in [0.1, 0.15) is 56.6 Å². The van der Waals surface area contributed by atoms with E-state index in [2.05, 4.69) is 33.6 Å². The summed E-state index contributed by atoms with van der Waals surface area (Å²) >= 11 is 1.84. The predicted molar refractivity (Wildman–Crippen MR) is 102 cm³/mol. The van der Waals surface area contributed by atoms with Crippen molar-refractivity contribution in [3.63, 3.8) is 0 Å². The molecule has 3 rings (SSSR count). The van der Waals surface area contributed by atoms with E-state index in [1.54, 1.807) is 0 Å². The van der Waals surface area contributed by atoms with Crippen molar-refractivity contribution < 1.29 is 4.79 Å². The van der Waals surface area contributed by atoms with Gasteiger partial charge in [-0.05, 0) is 44.5 Å². The number of aromatic nitrogens is 3. The second kappa shape index (κ2) is 9.03. The van der Waals surface area contributed by atoms with E-state index >= 15 is 0 Å². The fraction of sp³-hybridized carbons (Fsp3) is 0.833. The molecule has 2 aliphatic rings. The maximum absolute atomic E-state index is 12.4. The summed E-state index contributed by atoms with van der Waals surface area (Å²) in [5.74, 6) is 4.73. The summed E-state index contributed by atoms with van der Waals surface area (Å²) in [5, 5.41) is 8.94. The lowest BCUT2D eigenvalue weighted by Crippen LogP contribution is -2.39. The van der Waals surface area contributed by atoms with E-state index in [0.29, 0.717) is 18.2 Å². The molecular formula is C18H31N5OS. The van der Waals surface area contributed by atoms with E-state index in [9.17, 15) is 4.79 Å². The molecule has 7 heteroatoms. The highest BCUT2D eigenvalue weighted by Gasteiger charge is 2.28. The van der Waals surface area contributed by atoms with Crippen LogP contribution < -0.4 is 0 Å². The Bertz CT molecular complexity index is 570.